The van der Waals surface area contributed by atoms with Gasteiger partial charge in [-0.25, -0.2) is 0 Å². The number of aromatic nitrogens is 1. The van der Waals surface area contributed by atoms with Crippen molar-refractivity contribution in [3.05, 3.63) is 72.3 Å². The first-order valence-corrected chi connectivity index (χ1v) is 10.2. The second kappa shape index (κ2) is 8.41. The standard InChI is InChI=1S/C25H24N2O3/c1-3-24(28)17-9-12-19(13-10-17)30-16-25(29)26-18-11-14-23-21(15-18)20-7-5-6-8-22(20)27(23)4-2/h5-15H,3-4,16H2,1-2H3,(H,26,29). The summed E-state index contributed by atoms with van der Waals surface area (Å²) in [6.07, 6.45) is 0.462. The first-order valence-electron chi connectivity index (χ1n) is 10.2. The number of fused-ring (bicyclic) bond motifs is 3. The van der Waals surface area contributed by atoms with E-state index in [4.69, 9.17) is 4.74 Å². The summed E-state index contributed by atoms with van der Waals surface area (Å²) in [7, 11) is 0. The van der Waals surface area contributed by atoms with Crippen LogP contribution in [0.1, 0.15) is 30.6 Å². The third-order valence-electron chi connectivity index (χ3n) is 5.24. The molecule has 5 nitrogen and oxygen atoms in total. The number of hydrogen-bond donors (Lipinski definition) is 1. The molecular formula is C25H24N2O3. The highest BCUT2D eigenvalue weighted by Gasteiger charge is 2.11. The van der Waals surface area contributed by atoms with Crippen LogP contribution in [0.2, 0.25) is 0 Å². The van der Waals surface area contributed by atoms with E-state index in [1.165, 1.54) is 10.9 Å². The topological polar surface area (TPSA) is 60.3 Å². The zero-order valence-corrected chi connectivity index (χ0v) is 17.1. The number of nitrogens with one attached hydrogen (secondary N) is 1. The number of benzene rings is 3. The van der Waals surface area contributed by atoms with Gasteiger partial charge in [0.1, 0.15) is 5.75 Å². The molecule has 0 bridgehead atoms. The lowest BCUT2D eigenvalue weighted by Crippen LogP contribution is -2.20. The first kappa shape index (κ1) is 19.7. The van der Waals surface area contributed by atoms with Crippen molar-refractivity contribution in [2.45, 2.75) is 26.8 Å². The summed E-state index contributed by atoms with van der Waals surface area (Å²) in [4.78, 5) is 24.1. The largest absolute Gasteiger partial charge is 0.484 e. The number of ketones is 1. The van der Waals surface area contributed by atoms with Crippen LogP contribution in [-0.2, 0) is 11.3 Å². The maximum atomic E-state index is 12.4. The molecule has 4 aromatic rings. The molecule has 0 atom stereocenters. The van der Waals surface area contributed by atoms with Crippen molar-refractivity contribution in [2.24, 2.45) is 0 Å². The minimum absolute atomic E-state index is 0.0825. The van der Waals surface area contributed by atoms with Crippen LogP contribution < -0.4 is 10.1 Å². The van der Waals surface area contributed by atoms with Gasteiger partial charge in [-0.3, -0.25) is 9.59 Å². The number of rotatable bonds is 7. The molecule has 0 radical (unpaired) electrons. The van der Waals surface area contributed by atoms with Crippen molar-refractivity contribution in [1.29, 1.82) is 0 Å². The van der Waals surface area contributed by atoms with Gasteiger partial charge in [0.2, 0.25) is 0 Å². The van der Waals surface area contributed by atoms with Crippen molar-refractivity contribution in [3.63, 3.8) is 0 Å². The second-order valence-corrected chi connectivity index (χ2v) is 7.13. The van der Waals surface area contributed by atoms with Crippen LogP contribution in [0, 0.1) is 0 Å². The van der Waals surface area contributed by atoms with Crippen molar-refractivity contribution >= 4 is 39.2 Å². The van der Waals surface area contributed by atoms with Gasteiger partial charge < -0.3 is 14.6 Å². The highest BCUT2D eigenvalue weighted by atomic mass is 16.5. The number of amides is 1. The van der Waals surface area contributed by atoms with Gasteiger partial charge >= 0.3 is 0 Å². The normalized spacial score (nSPS) is 11.0. The monoisotopic (exact) mass is 400 g/mol. The summed E-state index contributed by atoms with van der Waals surface area (Å²) in [5.74, 6) is 0.403. The number of carbonyl (C=O) groups excluding carboxylic acids is 2. The summed E-state index contributed by atoms with van der Waals surface area (Å²) >= 11 is 0. The van der Waals surface area contributed by atoms with Gasteiger partial charge in [0, 0.05) is 46.0 Å². The van der Waals surface area contributed by atoms with Gasteiger partial charge in [-0.2, -0.15) is 0 Å². The molecule has 30 heavy (non-hydrogen) atoms. The van der Waals surface area contributed by atoms with Gasteiger partial charge in [0.05, 0.1) is 0 Å². The number of aryl methyl sites for hydroxylation is 1. The van der Waals surface area contributed by atoms with E-state index < -0.39 is 0 Å². The molecule has 0 unspecified atom stereocenters. The average molecular weight is 400 g/mol. The lowest BCUT2D eigenvalue weighted by atomic mass is 10.1. The molecule has 5 heteroatoms. The smallest absolute Gasteiger partial charge is 0.262 e. The van der Waals surface area contributed by atoms with Crippen LogP contribution in [0.3, 0.4) is 0 Å². The van der Waals surface area contributed by atoms with Crippen LogP contribution in [0.4, 0.5) is 5.69 Å². The predicted octanol–water partition coefficient (Wildman–Crippen LogP) is 5.42. The zero-order valence-electron chi connectivity index (χ0n) is 17.1. The first-order chi connectivity index (χ1) is 14.6. The minimum Gasteiger partial charge on any atom is -0.484 e. The summed E-state index contributed by atoms with van der Waals surface area (Å²) in [5.41, 5.74) is 3.72. The summed E-state index contributed by atoms with van der Waals surface area (Å²) in [5, 5.41) is 5.19. The van der Waals surface area contributed by atoms with Crippen molar-refractivity contribution < 1.29 is 14.3 Å². The number of nitrogens with zero attached hydrogens (tertiary/aromatic N) is 1. The Balaban J connectivity index is 1.47. The summed E-state index contributed by atoms with van der Waals surface area (Å²) in [6.45, 7) is 4.74. The molecule has 3 aromatic carbocycles. The fraction of sp³-hybridized carbons (Fsp3) is 0.200. The number of anilines is 1. The molecule has 0 aliphatic rings. The molecule has 1 N–H and O–H groups in total. The molecule has 0 saturated heterocycles. The Morgan fingerprint density at radius 1 is 0.900 bits per heavy atom. The van der Waals surface area contributed by atoms with Gasteiger partial charge in [-0.05, 0) is 55.5 Å². The van der Waals surface area contributed by atoms with Crippen LogP contribution >= 0.6 is 0 Å². The van der Waals surface area contributed by atoms with E-state index in [0.717, 1.165) is 23.1 Å². The quantitative estimate of drug-likeness (QED) is 0.421. The van der Waals surface area contributed by atoms with Gasteiger partial charge in [0.15, 0.2) is 12.4 Å². The molecule has 1 heterocycles. The van der Waals surface area contributed by atoms with Gasteiger partial charge in [0.25, 0.3) is 5.91 Å². The number of carbonyl (C=O) groups is 2. The van der Waals surface area contributed by atoms with E-state index in [1.807, 2.05) is 37.3 Å². The molecule has 0 saturated carbocycles. The molecule has 1 amide bonds. The molecule has 0 fully saturated rings. The summed E-state index contributed by atoms with van der Waals surface area (Å²) in [6, 6.07) is 21.1. The van der Waals surface area contributed by atoms with E-state index in [-0.39, 0.29) is 18.3 Å². The third kappa shape index (κ3) is 3.79. The highest BCUT2D eigenvalue weighted by molar-refractivity contribution is 6.09. The maximum absolute atomic E-state index is 12.4. The number of ether oxygens (including phenoxy) is 1. The number of Topliss-reactive ketones (excluding diaryl/α,β-unsaturated/α-hetero) is 1. The van der Waals surface area contributed by atoms with Gasteiger partial charge in [-0.1, -0.05) is 25.1 Å². The fourth-order valence-corrected chi connectivity index (χ4v) is 3.76. The van der Waals surface area contributed by atoms with Crippen LogP contribution in [0.5, 0.6) is 5.75 Å². The van der Waals surface area contributed by atoms with Crippen molar-refractivity contribution in [3.8, 4) is 5.75 Å². The molecular weight excluding hydrogens is 376 g/mol. The molecule has 0 aliphatic carbocycles. The Labute approximate surface area is 175 Å². The van der Waals surface area contributed by atoms with Crippen LogP contribution in [0.15, 0.2) is 66.7 Å². The SMILES string of the molecule is CCC(=O)c1ccc(OCC(=O)Nc2ccc3c(c2)c2ccccc2n3CC)cc1. The lowest BCUT2D eigenvalue weighted by Gasteiger charge is -2.09. The van der Waals surface area contributed by atoms with E-state index in [1.54, 1.807) is 24.3 Å². The second-order valence-electron chi connectivity index (χ2n) is 7.13. The molecule has 4 rings (SSSR count). The lowest BCUT2D eigenvalue weighted by molar-refractivity contribution is -0.118. The minimum atomic E-state index is -0.234. The Morgan fingerprint density at radius 3 is 2.37 bits per heavy atom. The third-order valence-corrected chi connectivity index (χ3v) is 5.24. The van der Waals surface area contributed by atoms with Crippen molar-refractivity contribution in [2.75, 3.05) is 11.9 Å². The summed E-state index contributed by atoms with van der Waals surface area (Å²) < 4.78 is 7.83. The van der Waals surface area contributed by atoms with E-state index in [0.29, 0.717) is 17.7 Å². The Morgan fingerprint density at radius 2 is 1.63 bits per heavy atom. The van der Waals surface area contributed by atoms with E-state index in [2.05, 4.69) is 28.9 Å². The van der Waals surface area contributed by atoms with Crippen molar-refractivity contribution in [1.82, 2.24) is 4.57 Å². The Hall–Kier alpha value is -3.60. The van der Waals surface area contributed by atoms with Crippen LogP contribution in [-0.4, -0.2) is 22.9 Å². The maximum Gasteiger partial charge on any atom is 0.262 e. The zero-order chi connectivity index (χ0) is 21.1. The average Bonchev–Trinajstić information content (AvgIpc) is 3.10. The molecule has 1 aromatic heterocycles. The number of hydrogen-bond acceptors (Lipinski definition) is 3. The highest BCUT2D eigenvalue weighted by Crippen LogP contribution is 2.31. The Kier molecular flexibility index (Phi) is 5.53. The van der Waals surface area contributed by atoms with Crippen LogP contribution in [0.25, 0.3) is 21.8 Å². The molecule has 152 valence electrons. The van der Waals surface area contributed by atoms with Gasteiger partial charge in [-0.15, -0.1) is 0 Å². The predicted molar refractivity (Wildman–Crippen MR) is 120 cm³/mol. The fourth-order valence-electron chi connectivity index (χ4n) is 3.76. The van der Waals surface area contributed by atoms with E-state index >= 15 is 0 Å². The van der Waals surface area contributed by atoms with E-state index in [9.17, 15) is 9.59 Å². The Bertz CT molecular complexity index is 1220. The number of para-hydroxylation sites is 1. The molecule has 0 aliphatic heterocycles. The molecule has 0 spiro atoms.